The first kappa shape index (κ1) is 23.4. The number of nitrogens with zero attached hydrogens (tertiary/aromatic N) is 1. The van der Waals surface area contributed by atoms with Crippen LogP contribution in [0.3, 0.4) is 0 Å². The minimum atomic E-state index is -0.791. The molecule has 0 radical (unpaired) electrons. The van der Waals surface area contributed by atoms with E-state index in [-0.39, 0.29) is 27.4 Å². The third-order valence-corrected chi connectivity index (χ3v) is 6.64. The van der Waals surface area contributed by atoms with Crippen molar-refractivity contribution in [3.8, 4) is 0 Å². The number of thioether (sulfide) groups is 1. The van der Waals surface area contributed by atoms with Crippen LogP contribution >= 0.6 is 35.0 Å². The fraction of sp³-hybridized carbons (Fsp3) is 0.318. The van der Waals surface area contributed by atoms with Crippen molar-refractivity contribution >= 4 is 58.4 Å². The summed E-state index contributed by atoms with van der Waals surface area (Å²) in [4.78, 5) is 39.1. The van der Waals surface area contributed by atoms with Crippen molar-refractivity contribution in [2.24, 2.45) is 0 Å². The summed E-state index contributed by atoms with van der Waals surface area (Å²) in [6.07, 6.45) is 0.339. The lowest BCUT2D eigenvalue weighted by atomic mass is 10.1. The van der Waals surface area contributed by atoms with Crippen molar-refractivity contribution in [3.63, 3.8) is 0 Å². The number of amides is 3. The van der Waals surface area contributed by atoms with Crippen LogP contribution in [0.4, 0.5) is 5.69 Å². The van der Waals surface area contributed by atoms with E-state index in [0.717, 1.165) is 30.2 Å². The van der Waals surface area contributed by atoms with Crippen molar-refractivity contribution in [3.05, 3.63) is 63.6 Å². The van der Waals surface area contributed by atoms with E-state index in [4.69, 9.17) is 23.2 Å². The second kappa shape index (κ2) is 10.9. The van der Waals surface area contributed by atoms with Gasteiger partial charge in [0.15, 0.2) is 0 Å². The molecule has 0 aromatic heterocycles. The zero-order valence-corrected chi connectivity index (χ0v) is 19.3. The number of nitrogens with one attached hydrogen (secondary N) is 2. The Morgan fingerprint density at radius 1 is 1.06 bits per heavy atom. The van der Waals surface area contributed by atoms with Crippen LogP contribution in [0, 0.1) is 0 Å². The molecule has 1 heterocycles. The van der Waals surface area contributed by atoms with Crippen LogP contribution in [-0.4, -0.2) is 53.3 Å². The minimum absolute atomic E-state index is 0.119. The molecule has 0 spiro atoms. The molecule has 9 heteroatoms. The van der Waals surface area contributed by atoms with E-state index in [9.17, 15) is 14.4 Å². The number of carbonyl (C=O) groups excluding carboxylic acids is 3. The summed E-state index contributed by atoms with van der Waals surface area (Å²) < 4.78 is 0. The summed E-state index contributed by atoms with van der Waals surface area (Å²) in [5, 5.41) is 5.78. The fourth-order valence-corrected chi connectivity index (χ4v) is 4.36. The summed E-state index contributed by atoms with van der Waals surface area (Å²) in [6, 6.07) is 11.1. The molecule has 0 bridgehead atoms. The maximum Gasteiger partial charge on any atom is 0.253 e. The highest BCUT2D eigenvalue weighted by atomic mass is 35.5. The highest BCUT2D eigenvalue weighted by Crippen LogP contribution is 2.25. The Labute approximate surface area is 195 Å². The van der Waals surface area contributed by atoms with Gasteiger partial charge in [0.2, 0.25) is 11.8 Å². The van der Waals surface area contributed by atoms with Crippen molar-refractivity contribution in [2.45, 2.75) is 19.4 Å². The first-order chi connectivity index (χ1) is 14.8. The van der Waals surface area contributed by atoms with Crippen molar-refractivity contribution in [1.29, 1.82) is 0 Å². The van der Waals surface area contributed by atoms with E-state index in [0.29, 0.717) is 12.1 Å². The molecule has 6 nitrogen and oxygen atoms in total. The van der Waals surface area contributed by atoms with Crippen molar-refractivity contribution in [1.82, 2.24) is 10.2 Å². The number of carbonyl (C=O) groups is 3. The first-order valence-corrected chi connectivity index (χ1v) is 11.8. The lowest BCUT2D eigenvalue weighted by molar-refractivity contribution is -0.130. The number of hydrogen-bond acceptors (Lipinski definition) is 4. The molecule has 1 fully saturated rings. The summed E-state index contributed by atoms with van der Waals surface area (Å²) in [5.74, 6) is 1.22. The Morgan fingerprint density at radius 3 is 2.42 bits per heavy atom. The average Bonchev–Trinajstić information content (AvgIpc) is 2.77. The Morgan fingerprint density at radius 2 is 1.74 bits per heavy atom. The van der Waals surface area contributed by atoms with Crippen LogP contribution in [0.5, 0.6) is 0 Å². The van der Waals surface area contributed by atoms with Gasteiger partial charge in [0.25, 0.3) is 5.91 Å². The monoisotopic (exact) mass is 479 g/mol. The summed E-state index contributed by atoms with van der Waals surface area (Å²) in [6.45, 7) is 3.17. The van der Waals surface area contributed by atoms with Crippen molar-refractivity contribution in [2.75, 3.05) is 29.9 Å². The van der Waals surface area contributed by atoms with Gasteiger partial charge in [-0.2, -0.15) is 11.8 Å². The van der Waals surface area contributed by atoms with E-state index in [1.165, 1.54) is 6.07 Å². The summed E-state index contributed by atoms with van der Waals surface area (Å²) in [5.41, 5.74) is 1.67. The molecule has 0 saturated carbocycles. The Bertz CT molecular complexity index is 963. The van der Waals surface area contributed by atoms with Gasteiger partial charge in [-0.1, -0.05) is 41.4 Å². The SMILES string of the molecule is CC(NC(=O)c1cccc(Cl)c1Cl)C(=O)Nc1ccc(CC(=O)N2CCSCC2)cc1. The molecular formula is C22H23Cl2N3O3S. The molecule has 3 amide bonds. The highest BCUT2D eigenvalue weighted by Gasteiger charge is 2.20. The zero-order chi connectivity index (χ0) is 22.4. The molecule has 1 atom stereocenters. The highest BCUT2D eigenvalue weighted by molar-refractivity contribution is 7.99. The maximum absolute atomic E-state index is 12.5. The van der Waals surface area contributed by atoms with E-state index >= 15 is 0 Å². The van der Waals surface area contributed by atoms with Gasteiger partial charge in [-0.3, -0.25) is 14.4 Å². The van der Waals surface area contributed by atoms with Gasteiger partial charge in [-0.05, 0) is 36.8 Å². The molecule has 31 heavy (non-hydrogen) atoms. The standard InChI is InChI=1S/C22H23Cl2N3O3S/c1-14(25-22(30)17-3-2-4-18(23)20(17)24)21(29)26-16-7-5-15(6-8-16)13-19(28)27-9-11-31-12-10-27/h2-8,14H,9-13H2,1H3,(H,25,30)(H,26,29). The second-order valence-electron chi connectivity index (χ2n) is 7.15. The number of halogens is 2. The van der Waals surface area contributed by atoms with Crippen LogP contribution in [0.15, 0.2) is 42.5 Å². The molecule has 2 N–H and O–H groups in total. The summed E-state index contributed by atoms with van der Waals surface area (Å²) in [7, 11) is 0. The van der Waals surface area contributed by atoms with Crippen LogP contribution in [0.25, 0.3) is 0 Å². The van der Waals surface area contributed by atoms with E-state index < -0.39 is 11.9 Å². The number of anilines is 1. The fourth-order valence-electron chi connectivity index (χ4n) is 3.07. The van der Waals surface area contributed by atoms with E-state index in [1.54, 1.807) is 31.2 Å². The maximum atomic E-state index is 12.5. The van der Waals surface area contributed by atoms with Gasteiger partial charge in [0.05, 0.1) is 22.0 Å². The molecule has 164 valence electrons. The van der Waals surface area contributed by atoms with Gasteiger partial charge in [0.1, 0.15) is 6.04 Å². The number of rotatable bonds is 6. The van der Waals surface area contributed by atoms with Crippen LogP contribution in [0.2, 0.25) is 10.0 Å². The molecule has 3 rings (SSSR count). The molecular weight excluding hydrogens is 457 g/mol. The van der Waals surface area contributed by atoms with E-state index in [2.05, 4.69) is 10.6 Å². The topological polar surface area (TPSA) is 78.5 Å². The zero-order valence-electron chi connectivity index (χ0n) is 17.0. The largest absolute Gasteiger partial charge is 0.341 e. The summed E-state index contributed by atoms with van der Waals surface area (Å²) >= 11 is 13.9. The predicted octanol–water partition coefficient (Wildman–Crippen LogP) is 3.87. The second-order valence-corrected chi connectivity index (χ2v) is 9.16. The minimum Gasteiger partial charge on any atom is -0.341 e. The Kier molecular flexibility index (Phi) is 8.23. The van der Waals surface area contributed by atoms with Crippen LogP contribution in [-0.2, 0) is 16.0 Å². The smallest absolute Gasteiger partial charge is 0.253 e. The Hall–Kier alpha value is -2.22. The number of hydrogen-bond donors (Lipinski definition) is 2. The molecule has 1 aliphatic rings. The normalized spacial score (nSPS) is 14.6. The van der Waals surface area contributed by atoms with Gasteiger partial charge in [-0.25, -0.2) is 0 Å². The molecule has 2 aromatic rings. The molecule has 1 aliphatic heterocycles. The van der Waals surface area contributed by atoms with Crippen molar-refractivity contribution < 1.29 is 14.4 Å². The Balaban J connectivity index is 1.53. The van der Waals surface area contributed by atoms with E-state index in [1.807, 2.05) is 28.8 Å². The van der Waals surface area contributed by atoms with Gasteiger partial charge >= 0.3 is 0 Å². The average molecular weight is 480 g/mol. The van der Waals surface area contributed by atoms with Gasteiger partial charge in [0, 0.05) is 30.3 Å². The molecule has 1 unspecified atom stereocenters. The molecule has 0 aliphatic carbocycles. The third-order valence-electron chi connectivity index (χ3n) is 4.88. The first-order valence-electron chi connectivity index (χ1n) is 9.85. The van der Waals surface area contributed by atoms with Gasteiger partial charge in [-0.15, -0.1) is 0 Å². The lowest BCUT2D eigenvalue weighted by Gasteiger charge is -2.26. The quantitative estimate of drug-likeness (QED) is 0.658. The molecule has 1 saturated heterocycles. The number of benzene rings is 2. The third kappa shape index (κ3) is 6.38. The van der Waals surface area contributed by atoms with Gasteiger partial charge < -0.3 is 15.5 Å². The van der Waals surface area contributed by atoms with Crippen LogP contribution in [0.1, 0.15) is 22.8 Å². The van der Waals surface area contributed by atoms with Crippen LogP contribution < -0.4 is 10.6 Å². The lowest BCUT2D eigenvalue weighted by Crippen LogP contribution is -2.41. The predicted molar refractivity (Wildman–Crippen MR) is 126 cm³/mol. The molecule has 2 aromatic carbocycles.